The number of hydrogen-bond donors (Lipinski definition) is 2. The summed E-state index contributed by atoms with van der Waals surface area (Å²) < 4.78 is 6.40. The quantitative estimate of drug-likeness (QED) is 0.665. The summed E-state index contributed by atoms with van der Waals surface area (Å²) in [7, 11) is 0. The van der Waals surface area contributed by atoms with Crippen LogP contribution in [-0.2, 0) is 4.74 Å². The van der Waals surface area contributed by atoms with Gasteiger partial charge in [-0.2, -0.15) is 0 Å². The summed E-state index contributed by atoms with van der Waals surface area (Å²) in [6.45, 7) is 3.14. The van der Waals surface area contributed by atoms with Crippen molar-refractivity contribution >= 4 is 55.7 Å². The predicted octanol–water partition coefficient (Wildman–Crippen LogP) is 3.83. The van der Waals surface area contributed by atoms with Gasteiger partial charge in [-0.05, 0) is 30.3 Å². The van der Waals surface area contributed by atoms with Gasteiger partial charge < -0.3 is 20.3 Å². The lowest BCUT2D eigenvalue weighted by molar-refractivity contribution is 0.122. The Labute approximate surface area is 159 Å². The van der Waals surface area contributed by atoms with E-state index in [9.17, 15) is 4.79 Å². The topological polar surface area (TPSA) is 79.4 Å². The van der Waals surface area contributed by atoms with E-state index in [2.05, 4.69) is 25.5 Å². The minimum absolute atomic E-state index is 0.246. The van der Waals surface area contributed by atoms with Crippen LogP contribution in [0.4, 0.5) is 21.3 Å². The van der Waals surface area contributed by atoms with Crippen molar-refractivity contribution < 1.29 is 9.53 Å². The number of urea groups is 1. The van der Waals surface area contributed by atoms with Crippen molar-refractivity contribution in [2.45, 2.75) is 0 Å². The molecule has 2 aromatic heterocycles. The number of aromatic nitrogens is 2. The molecule has 3 heterocycles. The van der Waals surface area contributed by atoms with Crippen LogP contribution in [0.15, 0.2) is 36.5 Å². The SMILES string of the molecule is O=C(Nc1ccc2nc(N3CCOCC3)sc2c1)Nc1cccnc1Cl. The Morgan fingerprint density at radius 3 is 2.88 bits per heavy atom. The van der Waals surface area contributed by atoms with Crippen molar-refractivity contribution in [2.24, 2.45) is 0 Å². The highest BCUT2D eigenvalue weighted by molar-refractivity contribution is 7.22. The lowest BCUT2D eigenvalue weighted by atomic mass is 10.3. The molecule has 0 atom stereocenters. The number of ether oxygens (including phenoxy) is 1. The lowest BCUT2D eigenvalue weighted by Crippen LogP contribution is -2.36. The molecule has 1 aliphatic rings. The van der Waals surface area contributed by atoms with Gasteiger partial charge in [0.1, 0.15) is 0 Å². The molecule has 1 aromatic carbocycles. The van der Waals surface area contributed by atoms with E-state index < -0.39 is 0 Å². The highest BCUT2D eigenvalue weighted by atomic mass is 35.5. The van der Waals surface area contributed by atoms with Gasteiger partial charge in [0.15, 0.2) is 10.3 Å². The minimum Gasteiger partial charge on any atom is -0.378 e. The first kappa shape index (κ1) is 17.0. The maximum atomic E-state index is 12.2. The molecule has 2 amide bonds. The van der Waals surface area contributed by atoms with Crippen LogP contribution in [0.3, 0.4) is 0 Å². The molecule has 4 rings (SSSR count). The molecule has 0 spiro atoms. The Morgan fingerprint density at radius 2 is 2.08 bits per heavy atom. The highest BCUT2D eigenvalue weighted by Gasteiger charge is 2.16. The van der Waals surface area contributed by atoms with Gasteiger partial charge in [0.25, 0.3) is 0 Å². The number of halogens is 1. The van der Waals surface area contributed by atoms with Crippen molar-refractivity contribution in [3.8, 4) is 0 Å². The zero-order valence-corrected chi connectivity index (χ0v) is 15.3. The van der Waals surface area contributed by atoms with Gasteiger partial charge in [0.2, 0.25) is 0 Å². The average Bonchev–Trinajstić information content (AvgIpc) is 3.08. The number of fused-ring (bicyclic) bond motifs is 1. The zero-order chi connectivity index (χ0) is 17.9. The maximum absolute atomic E-state index is 12.2. The summed E-state index contributed by atoms with van der Waals surface area (Å²) in [5, 5.41) is 6.72. The van der Waals surface area contributed by atoms with Gasteiger partial charge in [0, 0.05) is 25.0 Å². The van der Waals surface area contributed by atoms with Gasteiger partial charge in [-0.1, -0.05) is 22.9 Å². The fraction of sp³-hybridized carbons (Fsp3) is 0.235. The lowest BCUT2D eigenvalue weighted by Gasteiger charge is -2.25. The second-order valence-electron chi connectivity index (χ2n) is 5.70. The fourth-order valence-electron chi connectivity index (χ4n) is 2.64. The van der Waals surface area contributed by atoms with Gasteiger partial charge >= 0.3 is 6.03 Å². The summed E-state index contributed by atoms with van der Waals surface area (Å²) in [6.07, 6.45) is 1.56. The second kappa shape index (κ2) is 7.45. The van der Waals surface area contributed by atoms with E-state index in [1.54, 1.807) is 29.7 Å². The maximum Gasteiger partial charge on any atom is 0.323 e. The molecule has 0 unspecified atom stereocenters. The van der Waals surface area contributed by atoms with E-state index >= 15 is 0 Å². The van der Waals surface area contributed by atoms with Crippen LogP contribution in [-0.4, -0.2) is 42.3 Å². The number of thiazole rings is 1. The average molecular weight is 390 g/mol. The van der Waals surface area contributed by atoms with Crippen molar-refractivity contribution in [3.05, 3.63) is 41.7 Å². The number of carbonyl (C=O) groups excluding carboxylic acids is 1. The summed E-state index contributed by atoms with van der Waals surface area (Å²) in [5.74, 6) is 0. The molecule has 9 heteroatoms. The number of morpholine rings is 1. The van der Waals surface area contributed by atoms with E-state index in [4.69, 9.17) is 16.3 Å². The first-order valence-corrected chi connectivity index (χ1v) is 9.30. The molecule has 26 heavy (non-hydrogen) atoms. The van der Waals surface area contributed by atoms with E-state index in [0.29, 0.717) is 11.4 Å². The molecule has 1 saturated heterocycles. The highest BCUT2D eigenvalue weighted by Crippen LogP contribution is 2.31. The monoisotopic (exact) mass is 389 g/mol. The van der Waals surface area contributed by atoms with E-state index in [1.807, 2.05) is 18.2 Å². The number of amides is 2. The summed E-state index contributed by atoms with van der Waals surface area (Å²) >= 11 is 7.56. The third-order valence-corrected chi connectivity index (χ3v) is 5.30. The molecule has 2 N–H and O–H groups in total. The summed E-state index contributed by atoms with van der Waals surface area (Å²) in [5.41, 5.74) is 2.06. The van der Waals surface area contributed by atoms with Crippen LogP contribution in [0.1, 0.15) is 0 Å². The number of carbonyl (C=O) groups is 1. The predicted molar refractivity (Wildman–Crippen MR) is 105 cm³/mol. The van der Waals surface area contributed by atoms with Crippen LogP contribution < -0.4 is 15.5 Å². The number of hydrogen-bond acceptors (Lipinski definition) is 6. The Hall–Kier alpha value is -2.42. The molecule has 3 aromatic rings. The molecular formula is C17H16ClN5O2S. The Balaban J connectivity index is 1.48. The molecule has 1 fully saturated rings. The molecule has 134 valence electrons. The molecular weight excluding hydrogens is 374 g/mol. The first-order valence-electron chi connectivity index (χ1n) is 8.11. The van der Waals surface area contributed by atoms with Crippen molar-refractivity contribution in [1.29, 1.82) is 0 Å². The normalized spacial score (nSPS) is 14.4. The second-order valence-corrected chi connectivity index (χ2v) is 7.07. The number of anilines is 3. The number of pyridine rings is 1. The zero-order valence-electron chi connectivity index (χ0n) is 13.7. The van der Waals surface area contributed by atoms with Crippen molar-refractivity contribution in [1.82, 2.24) is 9.97 Å². The number of benzene rings is 1. The molecule has 7 nitrogen and oxygen atoms in total. The Morgan fingerprint density at radius 1 is 1.23 bits per heavy atom. The van der Waals surface area contributed by atoms with Crippen LogP contribution in [0.5, 0.6) is 0 Å². The van der Waals surface area contributed by atoms with Crippen LogP contribution in [0.2, 0.25) is 5.15 Å². The van der Waals surface area contributed by atoms with Crippen LogP contribution in [0, 0.1) is 0 Å². The molecule has 0 aliphatic carbocycles. The fourth-order valence-corrected chi connectivity index (χ4v) is 3.87. The third-order valence-electron chi connectivity index (χ3n) is 3.92. The largest absolute Gasteiger partial charge is 0.378 e. The number of nitrogens with one attached hydrogen (secondary N) is 2. The van der Waals surface area contributed by atoms with E-state index in [0.717, 1.165) is 41.7 Å². The minimum atomic E-state index is -0.378. The van der Waals surface area contributed by atoms with Crippen LogP contribution in [0.25, 0.3) is 10.2 Å². The molecule has 0 radical (unpaired) electrons. The smallest absolute Gasteiger partial charge is 0.323 e. The van der Waals surface area contributed by atoms with E-state index in [-0.39, 0.29) is 11.2 Å². The summed E-state index contributed by atoms with van der Waals surface area (Å²) in [6, 6.07) is 8.67. The van der Waals surface area contributed by atoms with Gasteiger partial charge in [-0.15, -0.1) is 0 Å². The first-order chi connectivity index (χ1) is 12.7. The van der Waals surface area contributed by atoms with Crippen molar-refractivity contribution in [2.75, 3.05) is 41.8 Å². The number of nitrogens with zero attached hydrogens (tertiary/aromatic N) is 3. The standard InChI is InChI=1S/C17H16ClN5O2S/c18-15-13(2-1-5-19-15)21-16(24)20-11-3-4-12-14(10-11)26-17(22-12)23-6-8-25-9-7-23/h1-5,10H,6-9H2,(H2,20,21,24). The van der Waals surface area contributed by atoms with Gasteiger partial charge in [0.05, 0.1) is 29.1 Å². The Kier molecular flexibility index (Phi) is 4.87. The molecule has 1 aliphatic heterocycles. The van der Waals surface area contributed by atoms with Crippen LogP contribution >= 0.6 is 22.9 Å². The van der Waals surface area contributed by atoms with Gasteiger partial charge in [-0.25, -0.2) is 14.8 Å². The van der Waals surface area contributed by atoms with Gasteiger partial charge in [-0.3, -0.25) is 0 Å². The van der Waals surface area contributed by atoms with Crippen molar-refractivity contribution in [3.63, 3.8) is 0 Å². The van der Waals surface area contributed by atoms with E-state index in [1.165, 1.54) is 0 Å². The third kappa shape index (κ3) is 3.72. The number of rotatable bonds is 3. The molecule has 0 saturated carbocycles. The summed E-state index contributed by atoms with van der Waals surface area (Å²) in [4.78, 5) is 23.0. The molecule has 0 bridgehead atoms. The Bertz CT molecular complexity index is 942.